The number of benzene rings is 2. The van der Waals surface area contributed by atoms with Gasteiger partial charge in [0.25, 0.3) is 0 Å². The van der Waals surface area contributed by atoms with Gasteiger partial charge >= 0.3 is 0 Å². The van der Waals surface area contributed by atoms with Crippen LogP contribution in [0.3, 0.4) is 0 Å². The molecule has 1 aromatic heterocycles. The molecule has 138 valence electrons. The van der Waals surface area contributed by atoms with Gasteiger partial charge in [-0.15, -0.1) is 0 Å². The van der Waals surface area contributed by atoms with Gasteiger partial charge in [-0.25, -0.2) is 14.4 Å². The largest absolute Gasteiger partial charge is 0.497 e. The summed E-state index contributed by atoms with van der Waals surface area (Å²) in [6.07, 6.45) is 0. The first-order valence-electron chi connectivity index (χ1n) is 8.85. The zero-order valence-electron chi connectivity index (χ0n) is 15.1. The highest BCUT2D eigenvalue weighted by molar-refractivity contribution is 5.70. The van der Waals surface area contributed by atoms with Gasteiger partial charge in [0.05, 0.1) is 31.7 Å². The summed E-state index contributed by atoms with van der Waals surface area (Å²) in [6.45, 7) is 2.80. The van der Waals surface area contributed by atoms with Crippen LogP contribution in [0.15, 0.2) is 54.6 Å². The Morgan fingerprint density at radius 2 is 1.44 bits per heavy atom. The average Bonchev–Trinajstić information content (AvgIpc) is 2.74. The third-order valence-electron chi connectivity index (χ3n) is 4.53. The first kappa shape index (κ1) is 17.4. The molecule has 5 nitrogen and oxygen atoms in total. The molecule has 0 radical (unpaired) electrons. The average molecular weight is 365 g/mol. The maximum absolute atomic E-state index is 13.3. The third-order valence-corrected chi connectivity index (χ3v) is 4.53. The van der Waals surface area contributed by atoms with Gasteiger partial charge in [0.15, 0.2) is 0 Å². The summed E-state index contributed by atoms with van der Waals surface area (Å²) >= 11 is 0. The van der Waals surface area contributed by atoms with E-state index in [9.17, 15) is 4.39 Å². The molecule has 0 spiro atoms. The molecule has 0 aliphatic carbocycles. The lowest BCUT2D eigenvalue weighted by Crippen LogP contribution is -2.37. The fourth-order valence-electron chi connectivity index (χ4n) is 3.02. The Hall–Kier alpha value is -2.99. The van der Waals surface area contributed by atoms with Crippen LogP contribution in [0.4, 0.5) is 10.3 Å². The van der Waals surface area contributed by atoms with Crippen LogP contribution in [0, 0.1) is 5.82 Å². The molecule has 0 unspecified atom stereocenters. The summed E-state index contributed by atoms with van der Waals surface area (Å²) < 4.78 is 24.0. The highest BCUT2D eigenvalue weighted by Crippen LogP contribution is 2.28. The highest BCUT2D eigenvalue weighted by atomic mass is 19.1. The first-order valence-corrected chi connectivity index (χ1v) is 8.85. The molecule has 1 aliphatic rings. The highest BCUT2D eigenvalue weighted by Gasteiger charge is 2.17. The van der Waals surface area contributed by atoms with Crippen molar-refractivity contribution >= 4 is 5.95 Å². The van der Waals surface area contributed by atoms with Gasteiger partial charge in [0, 0.05) is 24.2 Å². The molecule has 2 aromatic carbocycles. The minimum absolute atomic E-state index is 0.267. The van der Waals surface area contributed by atoms with E-state index in [0.29, 0.717) is 19.2 Å². The van der Waals surface area contributed by atoms with Crippen LogP contribution in [-0.2, 0) is 4.74 Å². The molecule has 0 bridgehead atoms. The maximum atomic E-state index is 13.3. The summed E-state index contributed by atoms with van der Waals surface area (Å²) in [4.78, 5) is 11.6. The van der Waals surface area contributed by atoms with Crippen molar-refractivity contribution in [1.29, 1.82) is 0 Å². The van der Waals surface area contributed by atoms with Crippen LogP contribution in [0.1, 0.15) is 0 Å². The predicted octanol–water partition coefficient (Wildman–Crippen LogP) is 3.79. The number of ether oxygens (including phenoxy) is 2. The normalized spacial score (nSPS) is 14.2. The van der Waals surface area contributed by atoms with E-state index in [-0.39, 0.29) is 5.82 Å². The molecule has 6 heteroatoms. The van der Waals surface area contributed by atoms with Crippen LogP contribution < -0.4 is 9.64 Å². The van der Waals surface area contributed by atoms with Gasteiger partial charge in [0.1, 0.15) is 11.6 Å². The van der Waals surface area contributed by atoms with Gasteiger partial charge in [-0.3, -0.25) is 0 Å². The SMILES string of the molecule is COc1ccc(-c2cc(-c3ccc(F)cc3)nc(N3CCOCC3)n2)cc1. The predicted molar refractivity (Wildman–Crippen MR) is 102 cm³/mol. The second-order valence-electron chi connectivity index (χ2n) is 6.27. The van der Waals surface area contributed by atoms with Crippen LogP contribution in [0.25, 0.3) is 22.5 Å². The molecule has 27 heavy (non-hydrogen) atoms. The zero-order valence-corrected chi connectivity index (χ0v) is 15.1. The molecule has 0 saturated carbocycles. The number of halogens is 1. The van der Waals surface area contributed by atoms with E-state index < -0.39 is 0 Å². The Balaban J connectivity index is 1.78. The summed E-state index contributed by atoms with van der Waals surface area (Å²) in [5, 5.41) is 0. The standard InChI is InChI=1S/C21H20FN3O2/c1-26-18-8-4-16(5-9-18)20-14-19(15-2-6-17(22)7-3-15)23-21(24-20)25-10-12-27-13-11-25/h2-9,14H,10-13H2,1H3. The molecule has 1 saturated heterocycles. The molecule has 0 N–H and O–H groups in total. The molecular weight excluding hydrogens is 345 g/mol. The minimum atomic E-state index is -0.267. The summed E-state index contributed by atoms with van der Waals surface area (Å²) in [7, 11) is 1.64. The number of anilines is 1. The Morgan fingerprint density at radius 1 is 0.889 bits per heavy atom. The van der Waals surface area contributed by atoms with Crippen molar-refractivity contribution in [3.63, 3.8) is 0 Å². The smallest absolute Gasteiger partial charge is 0.226 e. The number of methoxy groups -OCH3 is 1. The number of rotatable bonds is 4. The molecule has 0 amide bonds. The lowest BCUT2D eigenvalue weighted by molar-refractivity contribution is 0.122. The molecule has 0 atom stereocenters. The molecule has 1 aliphatic heterocycles. The number of nitrogens with zero attached hydrogens (tertiary/aromatic N) is 3. The Labute approximate surface area is 157 Å². The van der Waals surface area contributed by atoms with Crippen molar-refractivity contribution < 1.29 is 13.9 Å². The Kier molecular flexibility index (Phi) is 4.98. The van der Waals surface area contributed by atoms with Crippen LogP contribution >= 0.6 is 0 Å². The van der Waals surface area contributed by atoms with E-state index >= 15 is 0 Å². The van der Waals surface area contributed by atoms with Crippen molar-refractivity contribution in [2.24, 2.45) is 0 Å². The van der Waals surface area contributed by atoms with Gasteiger partial charge < -0.3 is 14.4 Å². The first-order chi connectivity index (χ1) is 13.2. The van der Waals surface area contributed by atoms with Crippen molar-refractivity contribution in [3.8, 4) is 28.3 Å². The van der Waals surface area contributed by atoms with Gasteiger partial charge in [-0.05, 0) is 54.6 Å². The van der Waals surface area contributed by atoms with E-state index in [4.69, 9.17) is 19.4 Å². The minimum Gasteiger partial charge on any atom is -0.497 e. The van der Waals surface area contributed by atoms with Crippen molar-refractivity contribution in [3.05, 3.63) is 60.4 Å². The van der Waals surface area contributed by atoms with Gasteiger partial charge in [0.2, 0.25) is 5.95 Å². The number of morpholine rings is 1. The second kappa shape index (κ2) is 7.72. The fraction of sp³-hybridized carbons (Fsp3) is 0.238. The topological polar surface area (TPSA) is 47.5 Å². The van der Waals surface area contributed by atoms with Gasteiger partial charge in [-0.1, -0.05) is 0 Å². The van der Waals surface area contributed by atoms with E-state index in [0.717, 1.165) is 41.4 Å². The van der Waals surface area contributed by atoms with Gasteiger partial charge in [-0.2, -0.15) is 0 Å². The van der Waals surface area contributed by atoms with E-state index in [1.807, 2.05) is 30.3 Å². The lowest BCUT2D eigenvalue weighted by Gasteiger charge is -2.27. The molecule has 4 rings (SSSR count). The summed E-state index contributed by atoms with van der Waals surface area (Å²) in [5.74, 6) is 1.18. The zero-order chi connectivity index (χ0) is 18.6. The van der Waals surface area contributed by atoms with Crippen molar-refractivity contribution in [2.45, 2.75) is 0 Å². The lowest BCUT2D eigenvalue weighted by atomic mass is 10.1. The van der Waals surface area contributed by atoms with E-state index in [1.165, 1.54) is 12.1 Å². The monoisotopic (exact) mass is 365 g/mol. The van der Waals surface area contributed by atoms with Crippen molar-refractivity contribution in [2.75, 3.05) is 38.3 Å². The second-order valence-corrected chi connectivity index (χ2v) is 6.27. The molecule has 3 aromatic rings. The van der Waals surface area contributed by atoms with E-state index in [2.05, 4.69) is 4.90 Å². The van der Waals surface area contributed by atoms with Crippen molar-refractivity contribution in [1.82, 2.24) is 9.97 Å². The Bertz CT molecular complexity index is 908. The third kappa shape index (κ3) is 3.90. The molecular formula is C21H20FN3O2. The van der Waals surface area contributed by atoms with Crippen LogP contribution in [0.5, 0.6) is 5.75 Å². The van der Waals surface area contributed by atoms with Crippen LogP contribution in [0.2, 0.25) is 0 Å². The van der Waals surface area contributed by atoms with Crippen LogP contribution in [-0.4, -0.2) is 43.4 Å². The Morgan fingerprint density at radius 3 is 2.00 bits per heavy atom. The summed E-state index contributed by atoms with van der Waals surface area (Å²) in [6, 6.07) is 16.0. The van der Waals surface area contributed by atoms with E-state index in [1.54, 1.807) is 19.2 Å². The molecule has 1 fully saturated rings. The fourth-order valence-corrected chi connectivity index (χ4v) is 3.02. The summed E-state index contributed by atoms with van der Waals surface area (Å²) in [5.41, 5.74) is 3.39. The number of hydrogen-bond donors (Lipinski definition) is 0. The quantitative estimate of drug-likeness (QED) is 0.704. The molecule has 2 heterocycles. The number of aromatic nitrogens is 2. The maximum Gasteiger partial charge on any atom is 0.226 e. The number of hydrogen-bond acceptors (Lipinski definition) is 5.